The molecule has 2 rings (SSSR count). The lowest BCUT2D eigenvalue weighted by atomic mass is 10.2. The highest BCUT2D eigenvalue weighted by Gasteiger charge is 2.02. The van der Waals surface area contributed by atoms with Gasteiger partial charge in [0.25, 0.3) is 0 Å². The summed E-state index contributed by atoms with van der Waals surface area (Å²) in [5.74, 6) is 2.06. The van der Waals surface area contributed by atoms with Crippen LogP contribution in [0.25, 0.3) is 0 Å². The van der Waals surface area contributed by atoms with Gasteiger partial charge in [0, 0.05) is 15.9 Å². The minimum absolute atomic E-state index is 0.0116. The summed E-state index contributed by atoms with van der Waals surface area (Å²) in [6.07, 6.45) is 0. The molecule has 0 spiro atoms. The topological polar surface area (TPSA) is 38.3 Å². The predicted octanol–water partition coefficient (Wildman–Crippen LogP) is 4.51. The van der Waals surface area contributed by atoms with E-state index < -0.39 is 0 Å². The summed E-state index contributed by atoms with van der Waals surface area (Å²) in [5.41, 5.74) is 2.01. The highest BCUT2D eigenvalue weighted by atomic mass is 79.9. The molecule has 0 heterocycles. The maximum Gasteiger partial charge on any atom is 0.234 e. The van der Waals surface area contributed by atoms with E-state index in [9.17, 15) is 4.79 Å². The largest absolute Gasteiger partial charge is 0.493 e. The minimum atomic E-state index is 0.0116. The van der Waals surface area contributed by atoms with E-state index in [1.54, 1.807) is 11.8 Å². The Hall–Kier alpha value is -1.46. The quantitative estimate of drug-likeness (QED) is 0.719. The van der Waals surface area contributed by atoms with Crippen molar-refractivity contribution >= 4 is 39.3 Å². The molecule has 0 radical (unpaired) electrons. The molecule has 2 aromatic carbocycles. The molecule has 0 saturated carbocycles. The first-order valence-electron chi connectivity index (χ1n) is 6.96. The Kier molecular flexibility index (Phi) is 6.80. The van der Waals surface area contributed by atoms with Crippen LogP contribution in [0.4, 0.5) is 5.69 Å². The zero-order valence-corrected chi connectivity index (χ0v) is 14.7. The number of hydrogen-bond donors (Lipinski definition) is 1. The molecule has 0 aliphatic rings. The first kappa shape index (κ1) is 16.9. The van der Waals surface area contributed by atoms with Crippen LogP contribution in [-0.2, 0) is 4.79 Å². The average molecular weight is 380 g/mol. The molecule has 0 fully saturated rings. The van der Waals surface area contributed by atoms with Crippen LogP contribution in [0.2, 0.25) is 0 Å². The second-order valence-electron chi connectivity index (χ2n) is 4.77. The number of nitrogens with one attached hydrogen (secondary N) is 1. The standard InChI is InChI=1S/C17H18BrNO2S/c1-13-2-6-15(7-3-13)19-17(20)12-22-11-10-21-16-8-4-14(18)5-9-16/h2-9H,10-12H2,1H3,(H,19,20). The van der Waals surface area contributed by atoms with E-state index in [1.807, 2.05) is 55.5 Å². The lowest BCUT2D eigenvalue weighted by Crippen LogP contribution is -2.15. The molecule has 0 bridgehead atoms. The van der Waals surface area contributed by atoms with Crippen LogP contribution < -0.4 is 10.1 Å². The second-order valence-corrected chi connectivity index (χ2v) is 6.79. The fourth-order valence-corrected chi connectivity index (χ4v) is 2.62. The fraction of sp³-hybridized carbons (Fsp3) is 0.235. The van der Waals surface area contributed by atoms with Crippen LogP contribution >= 0.6 is 27.7 Å². The maximum atomic E-state index is 11.8. The Bertz CT molecular complexity index is 599. The van der Waals surface area contributed by atoms with Gasteiger partial charge in [0.05, 0.1) is 12.4 Å². The van der Waals surface area contributed by atoms with E-state index in [0.29, 0.717) is 12.4 Å². The summed E-state index contributed by atoms with van der Waals surface area (Å²) >= 11 is 4.94. The molecule has 0 unspecified atom stereocenters. The minimum Gasteiger partial charge on any atom is -0.493 e. The Labute approximate surface area is 143 Å². The number of thioether (sulfide) groups is 1. The number of carbonyl (C=O) groups excluding carboxylic acids is 1. The van der Waals surface area contributed by atoms with E-state index in [4.69, 9.17) is 4.74 Å². The first-order chi connectivity index (χ1) is 10.6. The number of benzene rings is 2. The fourth-order valence-electron chi connectivity index (χ4n) is 1.75. The van der Waals surface area contributed by atoms with E-state index in [-0.39, 0.29) is 5.91 Å². The molecular formula is C17H18BrNO2S. The van der Waals surface area contributed by atoms with Crippen LogP contribution in [0.15, 0.2) is 53.0 Å². The SMILES string of the molecule is Cc1ccc(NC(=O)CSCCOc2ccc(Br)cc2)cc1. The maximum absolute atomic E-state index is 11.8. The molecule has 0 saturated heterocycles. The molecule has 22 heavy (non-hydrogen) atoms. The molecule has 2 aromatic rings. The lowest BCUT2D eigenvalue weighted by Gasteiger charge is -2.07. The van der Waals surface area contributed by atoms with E-state index >= 15 is 0 Å². The van der Waals surface area contributed by atoms with Crippen molar-refractivity contribution in [3.63, 3.8) is 0 Å². The van der Waals surface area contributed by atoms with Crippen molar-refractivity contribution in [1.29, 1.82) is 0 Å². The zero-order chi connectivity index (χ0) is 15.8. The van der Waals surface area contributed by atoms with Crippen molar-refractivity contribution in [1.82, 2.24) is 0 Å². The summed E-state index contributed by atoms with van der Waals surface area (Å²) in [6, 6.07) is 15.5. The number of rotatable bonds is 7. The van der Waals surface area contributed by atoms with Crippen molar-refractivity contribution in [3.05, 3.63) is 58.6 Å². The first-order valence-corrected chi connectivity index (χ1v) is 8.91. The number of amides is 1. The number of carbonyl (C=O) groups is 1. The van der Waals surface area contributed by atoms with Crippen LogP contribution in [0.3, 0.4) is 0 Å². The normalized spacial score (nSPS) is 10.3. The van der Waals surface area contributed by atoms with Crippen molar-refractivity contribution in [2.24, 2.45) is 0 Å². The van der Waals surface area contributed by atoms with Gasteiger partial charge >= 0.3 is 0 Å². The van der Waals surface area contributed by atoms with Crippen molar-refractivity contribution in [2.75, 3.05) is 23.4 Å². The molecule has 3 nitrogen and oxygen atoms in total. The van der Waals surface area contributed by atoms with Gasteiger partial charge in [-0.2, -0.15) is 0 Å². The monoisotopic (exact) mass is 379 g/mol. The molecule has 1 amide bonds. The summed E-state index contributed by atoms with van der Waals surface area (Å²) < 4.78 is 6.63. The second kappa shape index (κ2) is 8.86. The third-order valence-corrected chi connectivity index (χ3v) is 4.33. The Morgan fingerprint density at radius 3 is 2.50 bits per heavy atom. The van der Waals surface area contributed by atoms with Crippen LogP contribution in [0.1, 0.15) is 5.56 Å². The molecule has 5 heteroatoms. The van der Waals surface area contributed by atoms with Crippen molar-refractivity contribution in [2.45, 2.75) is 6.92 Å². The van der Waals surface area contributed by atoms with Gasteiger partial charge in [-0.05, 0) is 43.3 Å². The summed E-state index contributed by atoms with van der Waals surface area (Å²) in [5, 5.41) is 2.88. The summed E-state index contributed by atoms with van der Waals surface area (Å²) in [4.78, 5) is 11.8. The average Bonchev–Trinajstić information content (AvgIpc) is 2.51. The number of anilines is 1. The van der Waals surface area contributed by atoms with Gasteiger partial charge in [-0.1, -0.05) is 33.6 Å². The van der Waals surface area contributed by atoms with Gasteiger partial charge in [0.15, 0.2) is 0 Å². The highest BCUT2D eigenvalue weighted by molar-refractivity contribution is 9.10. The Balaban J connectivity index is 1.61. The van der Waals surface area contributed by atoms with Gasteiger partial charge < -0.3 is 10.1 Å². The van der Waals surface area contributed by atoms with Crippen LogP contribution in [0.5, 0.6) is 5.75 Å². The van der Waals surface area contributed by atoms with Gasteiger partial charge in [0.2, 0.25) is 5.91 Å². The van der Waals surface area contributed by atoms with Crippen molar-refractivity contribution < 1.29 is 9.53 Å². The lowest BCUT2D eigenvalue weighted by molar-refractivity contribution is -0.113. The van der Waals surface area contributed by atoms with Gasteiger partial charge in [-0.15, -0.1) is 11.8 Å². The number of ether oxygens (including phenoxy) is 1. The molecule has 116 valence electrons. The Morgan fingerprint density at radius 1 is 1.14 bits per heavy atom. The van der Waals surface area contributed by atoms with E-state index in [2.05, 4.69) is 21.2 Å². The molecular weight excluding hydrogens is 362 g/mol. The molecule has 1 N–H and O–H groups in total. The van der Waals surface area contributed by atoms with Crippen LogP contribution in [0, 0.1) is 6.92 Å². The van der Waals surface area contributed by atoms with Gasteiger partial charge in [0.1, 0.15) is 5.75 Å². The van der Waals surface area contributed by atoms with Gasteiger partial charge in [-0.25, -0.2) is 0 Å². The van der Waals surface area contributed by atoms with Crippen molar-refractivity contribution in [3.8, 4) is 5.75 Å². The number of halogens is 1. The third kappa shape index (κ3) is 6.12. The number of hydrogen-bond acceptors (Lipinski definition) is 3. The Morgan fingerprint density at radius 2 is 1.82 bits per heavy atom. The molecule has 0 aliphatic carbocycles. The third-order valence-electron chi connectivity index (χ3n) is 2.88. The highest BCUT2D eigenvalue weighted by Crippen LogP contribution is 2.16. The van der Waals surface area contributed by atoms with E-state index in [0.717, 1.165) is 21.7 Å². The zero-order valence-electron chi connectivity index (χ0n) is 12.3. The van der Waals surface area contributed by atoms with E-state index in [1.165, 1.54) is 5.56 Å². The summed E-state index contributed by atoms with van der Waals surface area (Å²) in [7, 11) is 0. The number of aryl methyl sites for hydroxylation is 1. The molecule has 0 aromatic heterocycles. The van der Waals surface area contributed by atoms with Crippen LogP contribution in [-0.4, -0.2) is 24.0 Å². The summed E-state index contributed by atoms with van der Waals surface area (Å²) in [6.45, 7) is 2.61. The predicted molar refractivity (Wildman–Crippen MR) is 96.8 cm³/mol. The smallest absolute Gasteiger partial charge is 0.234 e. The molecule has 0 atom stereocenters. The molecule has 0 aliphatic heterocycles. The van der Waals surface area contributed by atoms with Gasteiger partial charge in [-0.3, -0.25) is 4.79 Å².